The smallest absolute Gasteiger partial charge is 0.299 e. The number of para-hydroxylation sites is 2. The number of nitrogens with zero attached hydrogens (tertiary/aromatic N) is 5. The summed E-state index contributed by atoms with van der Waals surface area (Å²) in [6, 6.07) is 16.7. The van der Waals surface area contributed by atoms with Gasteiger partial charge in [0.25, 0.3) is 0 Å². The first-order chi connectivity index (χ1) is 14.5. The van der Waals surface area contributed by atoms with Gasteiger partial charge in [-0.05, 0) is 31.2 Å². The second-order valence-corrected chi connectivity index (χ2v) is 6.62. The number of nitrogens with one attached hydrogen (secondary N) is 4. The Morgan fingerprint density at radius 2 is 1.77 bits per heavy atom. The Hall–Kier alpha value is -4.05. The summed E-state index contributed by atoms with van der Waals surface area (Å²) in [5.41, 5.74) is 10.7. The summed E-state index contributed by atoms with van der Waals surface area (Å²) >= 11 is 6.21. The van der Waals surface area contributed by atoms with Gasteiger partial charge in [-0.25, -0.2) is 4.68 Å². The normalized spacial score (nSPS) is 11.5. The van der Waals surface area contributed by atoms with Crippen molar-refractivity contribution in [3.8, 4) is 5.69 Å². The topological polar surface area (TPSA) is 133 Å². The standard InChI is InChI=1S/C19H16ClN9O/c1-11-15(23-22-14-10-6-5-9-13(14)20)18(26-24-16-17(21)25-27-19(16)30)29(28-11)12-7-3-2-4-8-12/h2-10,21-23,26H,1H3/b21-17?,24-16-. The number of halogens is 1. The Morgan fingerprint density at radius 3 is 2.47 bits per heavy atom. The first kappa shape index (κ1) is 19.3. The van der Waals surface area contributed by atoms with Gasteiger partial charge in [-0.3, -0.25) is 26.5 Å². The molecule has 0 atom stereocenters. The van der Waals surface area contributed by atoms with Gasteiger partial charge in [0.05, 0.1) is 22.1 Å². The van der Waals surface area contributed by atoms with E-state index in [1.54, 1.807) is 10.7 Å². The fourth-order valence-corrected chi connectivity index (χ4v) is 2.91. The van der Waals surface area contributed by atoms with Crippen LogP contribution in [0.15, 0.2) is 64.5 Å². The lowest BCUT2D eigenvalue weighted by Gasteiger charge is -2.13. The highest BCUT2D eigenvalue weighted by molar-refractivity contribution is 6.33. The molecular formula is C19H16ClN9O. The molecule has 0 fully saturated rings. The lowest BCUT2D eigenvalue weighted by atomic mass is 10.3. The minimum absolute atomic E-state index is 0.182. The summed E-state index contributed by atoms with van der Waals surface area (Å²) in [7, 11) is 0. The van der Waals surface area contributed by atoms with Gasteiger partial charge in [0, 0.05) is 0 Å². The van der Waals surface area contributed by atoms with Crippen molar-refractivity contribution < 1.29 is 0 Å². The largest absolute Gasteiger partial charge is 0.319 e. The molecular weight excluding hydrogens is 406 g/mol. The fourth-order valence-electron chi connectivity index (χ4n) is 2.73. The zero-order valence-electron chi connectivity index (χ0n) is 15.7. The monoisotopic (exact) mass is 421 g/mol. The molecule has 4 aromatic rings. The summed E-state index contributed by atoms with van der Waals surface area (Å²) in [6.45, 7) is 1.82. The van der Waals surface area contributed by atoms with Gasteiger partial charge >= 0.3 is 5.56 Å². The highest BCUT2D eigenvalue weighted by Crippen LogP contribution is 2.29. The molecule has 0 aliphatic rings. The Bertz CT molecular complexity index is 1310. The third-order valence-electron chi connectivity index (χ3n) is 4.20. The number of benzene rings is 2. The molecule has 2 aromatic heterocycles. The van der Waals surface area contributed by atoms with Crippen LogP contribution in [0.25, 0.3) is 5.69 Å². The number of hydrogen-bond donors (Lipinski definition) is 4. The number of aryl methyl sites for hydroxylation is 1. The maximum absolute atomic E-state index is 11.8. The summed E-state index contributed by atoms with van der Waals surface area (Å²) in [4.78, 5) is 11.8. The van der Waals surface area contributed by atoms with Crippen LogP contribution in [0.1, 0.15) is 5.69 Å². The van der Waals surface area contributed by atoms with Crippen LogP contribution in [0.5, 0.6) is 0 Å². The Balaban J connectivity index is 1.76. The number of anilines is 3. The van der Waals surface area contributed by atoms with E-state index in [0.29, 0.717) is 27.9 Å². The molecule has 0 saturated carbocycles. The maximum atomic E-state index is 11.8. The molecule has 0 amide bonds. The van der Waals surface area contributed by atoms with Crippen molar-refractivity contribution in [2.75, 3.05) is 16.3 Å². The Labute approximate surface area is 175 Å². The molecule has 4 rings (SSSR count). The molecule has 11 heteroatoms. The van der Waals surface area contributed by atoms with Crippen LogP contribution < -0.4 is 32.7 Å². The van der Waals surface area contributed by atoms with E-state index in [0.717, 1.165) is 5.69 Å². The van der Waals surface area contributed by atoms with Crippen molar-refractivity contribution in [2.24, 2.45) is 5.10 Å². The minimum Gasteiger partial charge on any atom is -0.299 e. The predicted molar refractivity (Wildman–Crippen MR) is 113 cm³/mol. The summed E-state index contributed by atoms with van der Waals surface area (Å²) in [6.07, 6.45) is 0. The van der Waals surface area contributed by atoms with E-state index in [1.807, 2.05) is 55.5 Å². The highest BCUT2D eigenvalue weighted by Gasteiger charge is 2.17. The van der Waals surface area contributed by atoms with E-state index < -0.39 is 5.56 Å². The molecule has 0 aliphatic heterocycles. The fraction of sp³-hybridized carbons (Fsp3) is 0.0526. The second kappa shape index (κ2) is 8.13. The number of aromatic nitrogens is 4. The van der Waals surface area contributed by atoms with E-state index >= 15 is 0 Å². The third-order valence-corrected chi connectivity index (χ3v) is 4.53. The van der Waals surface area contributed by atoms with Gasteiger partial charge in [0.2, 0.25) is 5.49 Å². The first-order valence-electron chi connectivity index (χ1n) is 8.85. The molecule has 0 spiro atoms. The minimum atomic E-state index is -0.682. The van der Waals surface area contributed by atoms with E-state index in [2.05, 4.69) is 36.7 Å². The third kappa shape index (κ3) is 3.76. The van der Waals surface area contributed by atoms with E-state index in [9.17, 15) is 4.79 Å². The number of rotatable bonds is 6. The zero-order valence-corrected chi connectivity index (χ0v) is 16.5. The van der Waals surface area contributed by atoms with E-state index in [4.69, 9.17) is 17.0 Å². The maximum Gasteiger partial charge on any atom is 0.319 e. The average Bonchev–Trinajstić information content (AvgIpc) is 3.24. The molecule has 0 aliphatic carbocycles. The Kier molecular flexibility index (Phi) is 5.22. The quantitative estimate of drug-likeness (QED) is 0.348. The molecule has 0 unspecified atom stereocenters. The van der Waals surface area contributed by atoms with Crippen molar-refractivity contribution in [1.82, 2.24) is 20.0 Å². The van der Waals surface area contributed by atoms with Crippen LogP contribution in [-0.2, 0) is 0 Å². The van der Waals surface area contributed by atoms with Gasteiger partial charge in [-0.1, -0.05) is 41.9 Å². The lowest BCUT2D eigenvalue weighted by Crippen LogP contribution is -2.34. The molecule has 150 valence electrons. The SMILES string of the molecule is Cc1nn(-c2ccccc2)c(N/N=c2/c(=N)nnc2=O)c1NNc1ccccc1Cl. The molecule has 0 saturated heterocycles. The van der Waals surface area contributed by atoms with Gasteiger partial charge < -0.3 is 0 Å². The highest BCUT2D eigenvalue weighted by atomic mass is 35.5. The van der Waals surface area contributed by atoms with Gasteiger partial charge in [0.1, 0.15) is 5.69 Å². The van der Waals surface area contributed by atoms with Crippen LogP contribution in [0.4, 0.5) is 17.2 Å². The molecule has 10 nitrogen and oxygen atoms in total. The van der Waals surface area contributed by atoms with Gasteiger partial charge in [0.15, 0.2) is 11.2 Å². The number of hydrogen-bond acceptors (Lipinski definition) is 9. The Morgan fingerprint density at radius 1 is 1.03 bits per heavy atom. The van der Waals surface area contributed by atoms with Crippen LogP contribution >= 0.6 is 11.6 Å². The molecule has 2 heterocycles. The summed E-state index contributed by atoms with van der Waals surface area (Å²) < 4.78 is 1.63. The van der Waals surface area contributed by atoms with Crippen molar-refractivity contribution in [3.05, 3.63) is 86.5 Å². The van der Waals surface area contributed by atoms with Crippen LogP contribution in [0.2, 0.25) is 5.02 Å². The predicted octanol–water partition coefficient (Wildman–Crippen LogP) is 1.71. The summed E-state index contributed by atoms with van der Waals surface area (Å²) in [5.74, 6) is 0.443. The lowest BCUT2D eigenvalue weighted by molar-refractivity contribution is 0.860. The van der Waals surface area contributed by atoms with Crippen LogP contribution in [-0.4, -0.2) is 20.0 Å². The van der Waals surface area contributed by atoms with Crippen molar-refractivity contribution in [1.29, 1.82) is 5.41 Å². The second-order valence-electron chi connectivity index (χ2n) is 6.21. The van der Waals surface area contributed by atoms with Crippen molar-refractivity contribution in [2.45, 2.75) is 6.92 Å². The van der Waals surface area contributed by atoms with Crippen molar-refractivity contribution >= 4 is 28.8 Å². The molecule has 0 radical (unpaired) electrons. The van der Waals surface area contributed by atoms with E-state index in [1.165, 1.54) is 0 Å². The van der Waals surface area contributed by atoms with Crippen molar-refractivity contribution in [3.63, 3.8) is 0 Å². The molecule has 4 N–H and O–H groups in total. The van der Waals surface area contributed by atoms with Gasteiger partial charge in [-0.2, -0.15) is 10.2 Å². The van der Waals surface area contributed by atoms with Crippen LogP contribution in [0, 0.1) is 12.3 Å². The molecule has 30 heavy (non-hydrogen) atoms. The zero-order chi connectivity index (χ0) is 21.1. The van der Waals surface area contributed by atoms with E-state index in [-0.39, 0.29) is 10.8 Å². The molecule has 0 bridgehead atoms. The first-order valence-corrected chi connectivity index (χ1v) is 9.22. The average molecular weight is 422 g/mol. The molecule has 2 aromatic carbocycles. The summed E-state index contributed by atoms with van der Waals surface area (Å²) in [5, 5.41) is 23.4. The number of hydrazine groups is 1. The van der Waals surface area contributed by atoms with Crippen LogP contribution in [0.3, 0.4) is 0 Å². The van der Waals surface area contributed by atoms with Gasteiger partial charge in [-0.15, -0.1) is 10.2 Å².